The molecule has 3 nitrogen and oxygen atoms in total. The van der Waals surface area contributed by atoms with Crippen LogP contribution < -0.4 is 0 Å². The maximum absolute atomic E-state index is 10.00. The van der Waals surface area contributed by atoms with E-state index in [-0.39, 0.29) is 6.10 Å². The highest BCUT2D eigenvalue weighted by atomic mass is 16.5. The van der Waals surface area contributed by atoms with Crippen molar-refractivity contribution in [1.29, 1.82) is 0 Å². The van der Waals surface area contributed by atoms with Crippen molar-refractivity contribution in [2.75, 3.05) is 13.7 Å². The number of aromatic nitrogens is 1. The molecule has 2 aliphatic rings. The van der Waals surface area contributed by atoms with E-state index in [1.54, 1.807) is 7.11 Å². The van der Waals surface area contributed by atoms with Crippen molar-refractivity contribution in [2.24, 2.45) is 5.41 Å². The van der Waals surface area contributed by atoms with Gasteiger partial charge < -0.3 is 14.4 Å². The van der Waals surface area contributed by atoms with Gasteiger partial charge in [0, 0.05) is 37.7 Å². The first-order chi connectivity index (χ1) is 8.74. The van der Waals surface area contributed by atoms with Crippen LogP contribution in [0.15, 0.2) is 12.3 Å². The summed E-state index contributed by atoms with van der Waals surface area (Å²) in [7, 11) is 1.78. The van der Waals surface area contributed by atoms with Gasteiger partial charge >= 0.3 is 0 Å². The summed E-state index contributed by atoms with van der Waals surface area (Å²) in [4.78, 5) is 0. The van der Waals surface area contributed by atoms with E-state index in [0.717, 1.165) is 32.4 Å². The van der Waals surface area contributed by atoms with Gasteiger partial charge in [-0.25, -0.2) is 0 Å². The zero-order chi connectivity index (χ0) is 12.6. The molecule has 1 aromatic heterocycles. The van der Waals surface area contributed by atoms with Crippen molar-refractivity contribution < 1.29 is 9.84 Å². The Morgan fingerprint density at radius 2 is 2.33 bits per heavy atom. The number of methoxy groups -OCH3 is 1. The molecule has 18 heavy (non-hydrogen) atoms. The fraction of sp³-hybridized carbons (Fsp3) is 0.733. The van der Waals surface area contributed by atoms with E-state index >= 15 is 0 Å². The van der Waals surface area contributed by atoms with Gasteiger partial charge in [0.25, 0.3) is 0 Å². The SMILES string of the molecule is COCCC1(Cn2ccc3c2CCCC3O)CC1. The fourth-order valence-electron chi connectivity index (χ4n) is 3.22. The van der Waals surface area contributed by atoms with Crippen LogP contribution in [0.3, 0.4) is 0 Å². The summed E-state index contributed by atoms with van der Waals surface area (Å²) in [6.45, 7) is 1.98. The minimum absolute atomic E-state index is 0.232. The van der Waals surface area contributed by atoms with Crippen LogP contribution in [0.1, 0.15) is 49.5 Å². The molecule has 1 saturated carbocycles. The lowest BCUT2D eigenvalue weighted by Crippen LogP contribution is -2.18. The highest BCUT2D eigenvalue weighted by molar-refractivity contribution is 5.27. The first-order valence-corrected chi connectivity index (χ1v) is 7.09. The number of ether oxygens (including phenoxy) is 1. The lowest BCUT2D eigenvalue weighted by atomic mass is 9.95. The van der Waals surface area contributed by atoms with Crippen LogP contribution in [-0.4, -0.2) is 23.4 Å². The highest BCUT2D eigenvalue weighted by Crippen LogP contribution is 2.50. The van der Waals surface area contributed by atoms with Gasteiger partial charge in [-0.2, -0.15) is 0 Å². The van der Waals surface area contributed by atoms with E-state index in [9.17, 15) is 5.11 Å². The molecule has 3 rings (SSSR count). The van der Waals surface area contributed by atoms with Crippen LogP contribution in [0, 0.1) is 5.41 Å². The number of nitrogens with zero attached hydrogens (tertiary/aromatic N) is 1. The molecule has 1 unspecified atom stereocenters. The van der Waals surface area contributed by atoms with Crippen molar-refractivity contribution in [2.45, 2.75) is 51.2 Å². The van der Waals surface area contributed by atoms with Crippen LogP contribution in [0.5, 0.6) is 0 Å². The molecule has 0 aliphatic heterocycles. The summed E-state index contributed by atoms with van der Waals surface area (Å²) in [6, 6.07) is 2.12. The molecule has 0 saturated heterocycles. The number of aliphatic hydroxyl groups excluding tert-OH is 1. The van der Waals surface area contributed by atoms with Gasteiger partial charge in [-0.05, 0) is 50.0 Å². The number of hydrogen-bond acceptors (Lipinski definition) is 2. The second-order valence-corrected chi connectivity index (χ2v) is 6.00. The second-order valence-electron chi connectivity index (χ2n) is 6.00. The third-order valence-corrected chi connectivity index (χ3v) is 4.66. The van der Waals surface area contributed by atoms with Gasteiger partial charge in [-0.15, -0.1) is 0 Å². The molecule has 0 bridgehead atoms. The molecule has 1 N–H and O–H groups in total. The molecule has 1 heterocycles. The number of hydrogen-bond donors (Lipinski definition) is 1. The number of fused-ring (bicyclic) bond motifs is 1. The normalized spacial score (nSPS) is 24.9. The first kappa shape index (κ1) is 12.2. The van der Waals surface area contributed by atoms with Crippen LogP contribution in [0.4, 0.5) is 0 Å². The molecular weight excluding hydrogens is 226 g/mol. The summed E-state index contributed by atoms with van der Waals surface area (Å²) in [5, 5.41) is 10.00. The smallest absolute Gasteiger partial charge is 0.0807 e. The molecule has 2 aliphatic carbocycles. The van der Waals surface area contributed by atoms with E-state index < -0.39 is 0 Å². The molecule has 0 amide bonds. The second kappa shape index (κ2) is 4.71. The Balaban J connectivity index is 1.74. The zero-order valence-corrected chi connectivity index (χ0v) is 11.2. The quantitative estimate of drug-likeness (QED) is 0.870. The Bertz CT molecular complexity index is 420. The fourth-order valence-corrected chi connectivity index (χ4v) is 3.22. The Kier molecular flexibility index (Phi) is 3.20. The Morgan fingerprint density at radius 3 is 3.06 bits per heavy atom. The maximum Gasteiger partial charge on any atom is 0.0807 e. The van der Waals surface area contributed by atoms with Crippen molar-refractivity contribution in [3.63, 3.8) is 0 Å². The molecule has 100 valence electrons. The molecule has 1 aromatic rings. The Hall–Kier alpha value is -0.800. The van der Waals surface area contributed by atoms with Crippen LogP contribution in [-0.2, 0) is 17.7 Å². The van der Waals surface area contributed by atoms with E-state index in [0.29, 0.717) is 5.41 Å². The minimum atomic E-state index is -0.232. The summed E-state index contributed by atoms with van der Waals surface area (Å²) in [5.74, 6) is 0. The van der Waals surface area contributed by atoms with Crippen molar-refractivity contribution in [3.8, 4) is 0 Å². The Morgan fingerprint density at radius 1 is 1.50 bits per heavy atom. The van der Waals surface area contributed by atoms with Crippen LogP contribution in [0.2, 0.25) is 0 Å². The summed E-state index contributed by atoms with van der Waals surface area (Å²) in [6.07, 6.45) is 8.92. The molecule has 0 radical (unpaired) electrons. The maximum atomic E-state index is 10.00. The van der Waals surface area contributed by atoms with Gasteiger partial charge in [-0.3, -0.25) is 0 Å². The minimum Gasteiger partial charge on any atom is -0.388 e. The van der Waals surface area contributed by atoms with Crippen LogP contribution >= 0.6 is 0 Å². The average molecular weight is 249 g/mol. The Labute approximate surface area is 109 Å². The van der Waals surface area contributed by atoms with Crippen LogP contribution in [0.25, 0.3) is 0 Å². The summed E-state index contributed by atoms with van der Waals surface area (Å²) < 4.78 is 7.61. The molecule has 1 atom stereocenters. The standard InChI is InChI=1S/C15H23NO2/c1-18-10-8-15(6-7-15)11-16-9-5-12-13(16)3-2-4-14(12)17/h5,9,14,17H,2-4,6-8,10-11H2,1H3. The highest BCUT2D eigenvalue weighted by Gasteiger charge is 2.42. The molecule has 3 heteroatoms. The van der Waals surface area contributed by atoms with E-state index in [4.69, 9.17) is 4.74 Å². The molecular formula is C15H23NO2. The largest absolute Gasteiger partial charge is 0.388 e. The topological polar surface area (TPSA) is 34.4 Å². The summed E-state index contributed by atoms with van der Waals surface area (Å²) >= 11 is 0. The van der Waals surface area contributed by atoms with E-state index in [1.165, 1.54) is 30.5 Å². The van der Waals surface area contributed by atoms with Crippen molar-refractivity contribution in [1.82, 2.24) is 4.57 Å². The molecule has 0 aromatic carbocycles. The van der Waals surface area contributed by atoms with Gasteiger partial charge in [0.1, 0.15) is 0 Å². The number of rotatable bonds is 5. The van der Waals surface area contributed by atoms with Gasteiger partial charge in [0.15, 0.2) is 0 Å². The van der Waals surface area contributed by atoms with Crippen molar-refractivity contribution >= 4 is 0 Å². The van der Waals surface area contributed by atoms with E-state index in [2.05, 4.69) is 16.8 Å². The third kappa shape index (κ3) is 2.21. The van der Waals surface area contributed by atoms with Crippen molar-refractivity contribution in [3.05, 3.63) is 23.5 Å². The first-order valence-electron chi connectivity index (χ1n) is 7.09. The monoisotopic (exact) mass is 249 g/mol. The predicted octanol–water partition coefficient (Wildman–Crippen LogP) is 2.67. The van der Waals surface area contributed by atoms with Gasteiger partial charge in [0.2, 0.25) is 0 Å². The van der Waals surface area contributed by atoms with Gasteiger partial charge in [-0.1, -0.05) is 0 Å². The summed E-state index contributed by atoms with van der Waals surface area (Å²) in [5.41, 5.74) is 3.02. The van der Waals surface area contributed by atoms with E-state index in [1.807, 2.05) is 0 Å². The zero-order valence-electron chi connectivity index (χ0n) is 11.2. The molecule has 0 spiro atoms. The molecule has 1 fully saturated rings. The third-order valence-electron chi connectivity index (χ3n) is 4.66. The lowest BCUT2D eigenvalue weighted by molar-refractivity contribution is 0.153. The lowest BCUT2D eigenvalue weighted by Gasteiger charge is -2.23. The van der Waals surface area contributed by atoms with Gasteiger partial charge in [0.05, 0.1) is 6.10 Å². The number of aliphatic hydroxyl groups is 1. The predicted molar refractivity (Wildman–Crippen MR) is 70.5 cm³/mol. The average Bonchev–Trinajstić information content (AvgIpc) is 3.01.